The second kappa shape index (κ2) is 5.53. The van der Waals surface area contributed by atoms with Gasteiger partial charge in [-0.3, -0.25) is 0 Å². The summed E-state index contributed by atoms with van der Waals surface area (Å²) in [7, 11) is 0. The smallest absolute Gasteiger partial charge is 0.0526 e. The number of nitrogens with zero attached hydrogens (tertiary/aromatic N) is 1. The van der Waals surface area contributed by atoms with Crippen molar-refractivity contribution in [3.63, 3.8) is 0 Å². The number of anilines is 1. The first-order valence-corrected chi connectivity index (χ1v) is 7.81. The molecule has 2 nitrogen and oxygen atoms in total. The lowest BCUT2D eigenvalue weighted by Crippen LogP contribution is -2.26. The van der Waals surface area contributed by atoms with Crippen LogP contribution in [-0.4, -0.2) is 6.04 Å². The molecule has 1 aromatic carbocycles. The zero-order valence-electron chi connectivity index (χ0n) is 10.7. The van der Waals surface area contributed by atoms with Gasteiger partial charge in [-0.25, -0.2) is 0 Å². The average molecular weight is 293 g/mol. The van der Waals surface area contributed by atoms with Gasteiger partial charge in [0, 0.05) is 28.2 Å². The maximum Gasteiger partial charge on any atom is 0.0526 e. The zero-order valence-corrected chi connectivity index (χ0v) is 12.3. The Bertz CT molecular complexity index is 549. The van der Waals surface area contributed by atoms with Crippen molar-refractivity contribution in [2.24, 2.45) is 5.73 Å². The lowest BCUT2D eigenvalue weighted by atomic mass is 10.1. The van der Waals surface area contributed by atoms with Crippen LogP contribution in [0.3, 0.4) is 0 Å². The SMILES string of the molecule is NCc1ccc(Cl)cc1N(Cc1cccs1)C1CC1. The lowest BCUT2D eigenvalue weighted by Gasteiger charge is -2.26. The molecule has 1 heterocycles. The summed E-state index contributed by atoms with van der Waals surface area (Å²) >= 11 is 7.96. The van der Waals surface area contributed by atoms with Gasteiger partial charge in [-0.15, -0.1) is 11.3 Å². The van der Waals surface area contributed by atoms with Gasteiger partial charge in [0.2, 0.25) is 0 Å². The first kappa shape index (κ1) is 13.0. The van der Waals surface area contributed by atoms with Gasteiger partial charge in [-0.2, -0.15) is 0 Å². The highest BCUT2D eigenvalue weighted by atomic mass is 35.5. The molecule has 0 unspecified atom stereocenters. The van der Waals surface area contributed by atoms with E-state index in [1.54, 1.807) is 11.3 Å². The third kappa shape index (κ3) is 2.94. The number of hydrogen-bond donors (Lipinski definition) is 1. The third-order valence-corrected chi connectivity index (χ3v) is 4.57. The molecule has 0 amide bonds. The molecule has 0 saturated heterocycles. The van der Waals surface area contributed by atoms with Crippen LogP contribution >= 0.6 is 22.9 Å². The fourth-order valence-electron chi connectivity index (χ4n) is 2.34. The topological polar surface area (TPSA) is 29.3 Å². The predicted molar refractivity (Wildman–Crippen MR) is 82.9 cm³/mol. The van der Waals surface area contributed by atoms with Crippen LogP contribution in [0.5, 0.6) is 0 Å². The molecule has 2 N–H and O–H groups in total. The van der Waals surface area contributed by atoms with E-state index in [0.29, 0.717) is 12.6 Å². The highest BCUT2D eigenvalue weighted by molar-refractivity contribution is 7.09. The van der Waals surface area contributed by atoms with Crippen molar-refractivity contribution in [2.75, 3.05) is 4.90 Å². The Labute approximate surface area is 122 Å². The largest absolute Gasteiger partial charge is 0.363 e. The Kier molecular flexibility index (Phi) is 3.78. The Hall–Kier alpha value is -1.03. The molecule has 0 spiro atoms. The van der Waals surface area contributed by atoms with Gasteiger partial charge in [-0.1, -0.05) is 23.7 Å². The van der Waals surface area contributed by atoms with Gasteiger partial charge in [0.25, 0.3) is 0 Å². The van der Waals surface area contributed by atoms with Crippen molar-refractivity contribution in [3.8, 4) is 0 Å². The Balaban J connectivity index is 1.93. The number of rotatable bonds is 5. The summed E-state index contributed by atoms with van der Waals surface area (Å²) in [6.45, 7) is 1.51. The van der Waals surface area contributed by atoms with E-state index >= 15 is 0 Å². The Morgan fingerprint density at radius 2 is 2.16 bits per heavy atom. The predicted octanol–water partition coefficient (Wildman–Crippen LogP) is 4.03. The minimum atomic E-state index is 0.556. The van der Waals surface area contributed by atoms with E-state index in [4.69, 9.17) is 17.3 Å². The Morgan fingerprint density at radius 3 is 2.79 bits per heavy atom. The second-order valence-electron chi connectivity index (χ2n) is 4.92. The molecular formula is C15H17ClN2S. The molecule has 19 heavy (non-hydrogen) atoms. The molecule has 1 aliphatic carbocycles. The molecule has 1 fully saturated rings. The maximum absolute atomic E-state index is 6.16. The summed E-state index contributed by atoms with van der Waals surface area (Å²) in [6, 6.07) is 11.0. The number of nitrogens with two attached hydrogens (primary N) is 1. The fourth-order valence-corrected chi connectivity index (χ4v) is 3.21. The normalized spacial score (nSPS) is 14.6. The summed E-state index contributed by atoms with van der Waals surface area (Å²) in [5.74, 6) is 0. The average Bonchev–Trinajstić information content (AvgIpc) is 3.13. The van der Waals surface area contributed by atoms with Crippen molar-refractivity contribution in [3.05, 3.63) is 51.2 Å². The van der Waals surface area contributed by atoms with Gasteiger partial charge in [0.15, 0.2) is 0 Å². The van der Waals surface area contributed by atoms with E-state index in [2.05, 4.69) is 28.5 Å². The number of hydrogen-bond acceptors (Lipinski definition) is 3. The molecule has 0 aliphatic heterocycles. The standard InChI is InChI=1S/C15H17ClN2S/c16-12-4-3-11(9-17)15(8-12)18(13-5-6-13)10-14-2-1-7-19-14/h1-4,7-8,13H,5-6,9-10,17H2. The number of thiophene rings is 1. The van der Waals surface area contributed by atoms with Gasteiger partial charge in [0.05, 0.1) is 6.54 Å². The molecule has 0 radical (unpaired) electrons. The van der Waals surface area contributed by atoms with Gasteiger partial charge in [-0.05, 0) is 42.0 Å². The molecule has 100 valence electrons. The van der Waals surface area contributed by atoms with Crippen LogP contribution < -0.4 is 10.6 Å². The molecule has 0 atom stereocenters. The van der Waals surface area contributed by atoms with Gasteiger partial charge >= 0.3 is 0 Å². The van der Waals surface area contributed by atoms with Crippen LogP contribution in [0.4, 0.5) is 5.69 Å². The number of benzene rings is 1. The minimum Gasteiger partial charge on any atom is -0.363 e. The van der Waals surface area contributed by atoms with Crippen molar-refractivity contribution in [1.82, 2.24) is 0 Å². The summed E-state index contributed by atoms with van der Waals surface area (Å²) in [5, 5.41) is 2.91. The van der Waals surface area contributed by atoms with Crippen molar-refractivity contribution in [1.29, 1.82) is 0 Å². The number of halogens is 1. The lowest BCUT2D eigenvalue weighted by molar-refractivity contribution is 0.794. The van der Waals surface area contributed by atoms with Crippen LogP contribution in [0.1, 0.15) is 23.3 Å². The summed E-state index contributed by atoms with van der Waals surface area (Å²) in [4.78, 5) is 3.84. The Morgan fingerprint density at radius 1 is 1.32 bits per heavy atom. The fraction of sp³-hybridized carbons (Fsp3) is 0.333. The highest BCUT2D eigenvalue weighted by Gasteiger charge is 2.30. The first-order valence-electron chi connectivity index (χ1n) is 6.55. The second-order valence-corrected chi connectivity index (χ2v) is 6.38. The zero-order chi connectivity index (χ0) is 13.2. The molecule has 4 heteroatoms. The first-order chi connectivity index (χ1) is 9.28. The van der Waals surface area contributed by atoms with E-state index in [9.17, 15) is 0 Å². The van der Waals surface area contributed by atoms with Crippen molar-refractivity contribution < 1.29 is 0 Å². The summed E-state index contributed by atoms with van der Waals surface area (Å²) in [5.41, 5.74) is 8.24. The van der Waals surface area contributed by atoms with E-state index in [1.165, 1.54) is 29.0 Å². The molecule has 3 rings (SSSR count). The van der Waals surface area contributed by atoms with Crippen molar-refractivity contribution in [2.45, 2.75) is 32.0 Å². The van der Waals surface area contributed by atoms with Crippen LogP contribution in [0.15, 0.2) is 35.7 Å². The summed E-state index contributed by atoms with van der Waals surface area (Å²) < 4.78 is 0. The molecule has 1 aliphatic rings. The molecule has 1 saturated carbocycles. The van der Waals surface area contributed by atoms with Gasteiger partial charge < -0.3 is 10.6 Å². The quantitative estimate of drug-likeness (QED) is 0.901. The van der Waals surface area contributed by atoms with Crippen molar-refractivity contribution >= 4 is 28.6 Å². The van der Waals surface area contributed by atoms with E-state index in [0.717, 1.165) is 11.6 Å². The molecule has 1 aromatic heterocycles. The van der Waals surface area contributed by atoms with Crippen LogP contribution in [-0.2, 0) is 13.1 Å². The minimum absolute atomic E-state index is 0.556. The third-order valence-electron chi connectivity index (χ3n) is 3.47. The van der Waals surface area contributed by atoms with E-state index in [1.807, 2.05) is 12.1 Å². The highest BCUT2D eigenvalue weighted by Crippen LogP contribution is 2.36. The van der Waals surface area contributed by atoms with E-state index < -0.39 is 0 Å². The van der Waals surface area contributed by atoms with E-state index in [-0.39, 0.29) is 0 Å². The summed E-state index contributed by atoms with van der Waals surface area (Å²) in [6.07, 6.45) is 2.53. The molecule has 2 aromatic rings. The monoisotopic (exact) mass is 292 g/mol. The molecular weight excluding hydrogens is 276 g/mol. The van der Waals surface area contributed by atoms with Crippen LogP contribution in [0.25, 0.3) is 0 Å². The van der Waals surface area contributed by atoms with Crippen LogP contribution in [0, 0.1) is 0 Å². The molecule has 0 bridgehead atoms. The van der Waals surface area contributed by atoms with Gasteiger partial charge in [0.1, 0.15) is 0 Å². The maximum atomic E-state index is 6.16. The van der Waals surface area contributed by atoms with Crippen LogP contribution in [0.2, 0.25) is 5.02 Å².